The maximum absolute atomic E-state index is 15.1. The van der Waals surface area contributed by atoms with E-state index in [-0.39, 0.29) is 0 Å². The van der Waals surface area contributed by atoms with Gasteiger partial charge in [0, 0.05) is 46.2 Å². The molecule has 2 aromatic heterocycles. The highest BCUT2D eigenvalue weighted by Crippen LogP contribution is 2.40. The molecule has 6 heteroatoms. The standard InChI is InChI=1S/C25H22BF2N3/c1-2-3-14-29-21-9-5-4-8-19(21)20-17-18(12-13-22(20)29)25-23-10-6-15-30(23)26(27,28)31-16-7-11-24(25)31/h4-13,15-17H,2-3,14H2,1H3. The summed E-state index contributed by atoms with van der Waals surface area (Å²) in [5, 5.41) is 2.36. The summed E-state index contributed by atoms with van der Waals surface area (Å²) in [4.78, 5) is 0. The van der Waals surface area contributed by atoms with E-state index in [1.165, 1.54) is 28.8 Å². The van der Waals surface area contributed by atoms with Crippen molar-refractivity contribution in [2.24, 2.45) is 0 Å². The van der Waals surface area contributed by atoms with Crippen LogP contribution in [0.2, 0.25) is 0 Å². The lowest BCUT2D eigenvalue weighted by Gasteiger charge is -2.30. The van der Waals surface area contributed by atoms with Gasteiger partial charge in [0.05, 0.1) is 5.57 Å². The molecule has 4 heterocycles. The second-order valence-corrected chi connectivity index (χ2v) is 8.32. The van der Waals surface area contributed by atoms with Crippen LogP contribution in [0.4, 0.5) is 8.63 Å². The Morgan fingerprint density at radius 3 is 2.68 bits per heavy atom. The average molecular weight is 413 g/mol. The molecule has 2 aliphatic rings. The van der Waals surface area contributed by atoms with Gasteiger partial charge >= 0.3 is 6.97 Å². The molecule has 4 aromatic rings. The van der Waals surface area contributed by atoms with Crippen LogP contribution < -0.4 is 0 Å². The molecular formula is C25H22BF2N3. The first-order valence-corrected chi connectivity index (χ1v) is 10.9. The smallest absolute Gasteiger partial charge is 0.396 e. The molecule has 0 spiro atoms. The Morgan fingerprint density at radius 1 is 0.968 bits per heavy atom. The quantitative estimate of drug-likeness (QED) is 0.362. The third-order valence-corrected chi connectivity index (χ3v) is 6.54. The Hall–Kier alpha value is -3.41. The van der Waals surface area contributed by atoms with Gasteiger partial charge in [-0.2, -0.15) is 0 Å². The minimum atomic E-state index is -3.88. The number of unbranched alkanes of at least 4 members (excludes halogenated alkanes) is 1. The van der Waals surface area contributed by atoms with Crippen molar-refractivity contribution in [3.63, 3.8) is 0 Å². The lowest BCUT2D eigenvalue weighted by Crippen LogP contribution is -2.49. The largest absolute Gasteiger partial charge is 0.737 e. The Balaban J connectivity index is 1.62. The maximum atomic E-state index is 15.1. The van der Waals surface area contributed by atoms with Crippen molar-refractivity contribution in [2.45, 2.75) is 26.3 Å². The molecule has 0 atom stereocenters. The summed E-state index contributed by atoms with van der Waals surface area (Å²) in [6.07, 6.45) is 8.70. The van der Waals surface area contributed by atoms with Gasteiger partial charge in [-0.1, -0.05) is 37.6 Å². The van der Waals surface area contributed by atoms with Crippen LogP contribution in [0.3, 0.4) is 0 Å². The molecular weight excluding hydrogens is 391 g/mol. The molecule has 0 N–H and O–H groups in total. The topological polar surface area (TPSA) is 12.9 Å². The van der Waals surface area contributed by atoms with Gasteiger partial charge in [0.2, 0.25) is 0 Å². The molecule has 0 amide bonds. The fourth-order valence-electron chi connectivity index (χ4n) is 5.08. The predicted molar refractivity (Wildman–Crippen MR) is 124 cm³/mol. The Bertz CT molecular complexity index is 1450. The highest BCUT2D eigenvalue weighted by atomic mass is 19.2. The summed E-state index contributed by atoms with van der Waals surface area (Å²) >= 11 is 0. The Labute approximate surface area is 179 Å². The summed E-state index contributed by atoms with van der Waals surface area (Å²) in [7, 11) is 0. The summed E-state index contributed by atoms with van der Waals surface area (Å²) in [5.41, 5.74) is 5.33. The first kappa shape index (κ1) is 18.4. The fourth-order valence-corrected chi connectivity index (χ4v) is 5.08. The first-order chi connectivity index (χ1) is 15.1. The van der Waals surface area contributed by atoms with E-state index in [4.69, 9.17) is 0 Å². The van der Waals surface area contributed by atoms with Crippen molar-refractivity contribution >= 4 is 40.6 Å². The highest BCUT2D eigenvalue weighted by Gasteiger charge is 2.51. The van der Waals surface area contributed by atoms with Gasteiger partial charge in [0.1, 0.15) is 6.21 Å². The van der Waals surface area contributed by atoms with Gasteiger partial charge in [-0.25, -0.2) is 0 Å². The number of nitrogens with zero attached hydrogens (tertiary/aromatic N) is 3. The SMILES string of the molecule is CCCCn1c2ccccc2c2cc(C3=C4C=CC=[N+]4[B-](F)(F)n4cccc43)ccc21. The summed E-state index contributed by atoms with van der Waals surface area (Å²) in [6.45, 7) is -0.708. The van der Waals surface area contributed by atoms with E-state index in [2.05, 4.69) is 54.0 Å². The van der Waals surface area contributed by atoms with E-state index >= 15 is 8.63 Å². The number of para-hydroxylation sites is 1. The number of benzene rings is 2. The first-order valence-electron chi connectivity index (χ1n) is 10.9. The van der Waals surface area contributed by atoms with Crippen LogP contribution in [0.15, 0.2) is 78.6 Å². The lowest BCUT2D eigenvalue weighted by molar-refractivity contribution is -0.356. The normalized spacial score (nSPS) is 16.8. The average Bonchev–Trinajstić information content (AvgIpc) is 3.51. The van der Waals surface area contributed by atoms with Crippen molar-refractivity contribution in [1.82, 2.24) is 9.05 Å². The van der Waals surface area contributed by atoms with Gasteiger partial charge in [0.15, 0.2) is 5.70 Å². The second-order valence-electron chi connectivity index (χ2n) is 8.32. The van der Waals surface area contributed by atoms with Crippen molar-refractivity contribution in [2.75, 3.05) is 0 Å². The highest BCUT2D eigenvalue weighted by molar-refractivity contribution is 6.57. The van der Waals surface area contributed by atoms with E-state index in [1.54, 1.807) is 24.3 Å². The lowest BCUT2D eigenvalue weighted by atomic mass is 9.86. The van der Waals surface area contributed by atoms with Crippen LogP contribution in [-0.4, -0.2) is 26.7 Å². The van der Waals surface area contributed by atoms with E-state index in [9.17, 15) is 0 Å². The molecule has 2 aliphatic heterocycles. The molecule has 31 heavy (non-hydrogen) atoms. The van der Waals surface area contributed by atoms with Crippen molar-refractivity contribution in [3.05, 3.63) is 89.9 Å². The third kappa shape index (κ3) is 2.48. The summed E-state index contributed by atoms with van der Waals surface area (Å²) < 4.78 is 34.8. The molecule has 0 fully saturated rings. The minimum Gasteiger partial charge on any atom is -0.396 e. The molecule has 6 rings (SSSR count). The van der Waals surface area contributed by atoms with Crippen molar-refractivity contribution in [1.29, 1.82) is 0 Å². The zero-order chi connectivity index (χ0) is 21.2. The number of fused-ring (bicyclic) bond motifs is 5. The third-order valence-electron chi connectivity index (χ3n) is 6.54. The zero-order valence-corrected chi connectivity index (χ0v) is 17.3. The summed E-state index contributed by atoms with van der Waals surface area (Å²) in [5.74, 6) is 0. The van der Waals surface area contributed by atoms with Crippen LogP contribution in [0.5, 0.6) is 0 Å². The van der Waals surface area contributed by atoms with E-state index in [1.807, 2.05) is 0 Å². The van der Waals surface area contributed by atoms with E-state index < -0.39 is 6.97 Å². The second kappa shape index (κ2) is 6.54. The van der Waals surface area contributed by atoms with Crippen LogP contribution >= 0.6 is 0 Å². The van der Waals surface area contributed by atoms with Gasteiger partial charge in [0.25, 0.3) is 0 Å². The zero-order valence-electron chi connectivity index (χ0n) is 17.3. The Morgan fingerprint density at radius 2 is 1.81 bits per heavy atom. The number of hydrogen-bond acceptors (Lipinski definition) is 0. The van der Waals surface area contributed by atoms with Crippen molar-refractivity contribution < 1.29 is 13.1 Å². The van der Waals surface area contributed by atoms with E-state index in [0.29, 0.717) is 11.4 Å². The predicted octanol–water partition coefficient (Wildman–Crippen LogP) is 6.04. The molecule has 0 radical (unpaired) electrons. The van der Waals surface area contributed by atoms with Crippen molar-refractivity contribution in [3.8, 4) is 0 Å². The van der Waals surface area contributed by atoms with Crippen LogP contribution in [0, 0.1) is 0 Å². The number of aryl methyl sites for hydroxylation is 1. The summed E-state index contributed by atoms with van der Waals surface area (Å²) in [6, 6.07) is 18.3. The molecule has 0 saturated heterocycles. The molecule has 0 unspecified atom stereocenters. The Kier molecular flexibility index (Phi) is 3.88. The van der Waals surface area contributed by atoms with Gasteiger partial charge in [-0.05, 0) is 48.5 Å². The number of hydrogen-bond donors (Lipinski definition) is 0. The monoisotopic (exact) mass is 413 g/mol. The minimum absolute atomic E-state index is 0.560. The van der Waals surface area contributed by atoms with Crippen LogP contribution in [-0.2, 0) is 6.54 Å². The molecule has 2 aromatic carbocycles. The maximum Gasteiger partial charge on any atom is 0.737 e. The van der Waals surface area contributed by atoms with Gasteiger partial charge in [-0.3, -0.25) is 0 Å². The number of halogens is 2. The number of allylic oxidation sites excluding steroid dienone is 2. The molecule has 0 bridgehead atoms. The molecule has 0 aliphatic carbocycles. The van der Waals surface area contributed by atoms with E-state index in [0.717, 1.165) is 44.9 Å². The number of aromatic nitrogens is 2. The van der Waals surface area contributed by atoms with Crippen LogP contribution in [0.1, 0.15) is 31.0 Å². The number of rotatable bonds is 4. The molecule has 3 nitrogen and oxygen atoms in total. The molecule has 154 valence electrons. The fraction of sp³-hybridized carbons (Fsp3) is 0.160. The van der Waals surface area contributed by atoms with Crippen LogP contribution in [0.25, 0.3) is 27.4 Å². The molecule has 0 saturated carbocycles. The van der Waals surface area contributed by atoms with Gasteiger partial charge < -0.3 is 22.2 Å². The van der Waals surface area contributed by atoms with Gasteiger partial charge in [-0.15, -0.1) is 0 Å².